The van der Waals surface area contributed by atoms with Crippen molar-refractivity contribution in [1.82, 2.24) is 10.3 Å². The van der Waals surface area contributed by atoms with Gasteiger partial charge in [-0.25, -0.2) is 9.78 Å². The monoisotopic (exact) mass is 320 g/mol. The summed E-state index contributed by atoms with van der Waals surface area (Å²) in [6, 6.07) is 2.55. The Kier molecular flexibility index (Phi) is 5.56. The highest BCUT2D eigenvalue weighted by molar-refractivity contribution is 5.84. The lowest BCUT2D eigenvalue weighted by atomic mass is 10.1. The van der Waals surface area contributed by atoms with Crippen LogP contribution in [0.4, 0.5) is 0 Å². The molecule has 0 spiro atoms. The Morgan fingerprint density at radius 2 is 2.22 bits per heavy atom. The predicted octanol–water partition coefficient (Wildman–Crippen LogP) is 2.55. The molecule has 2 aromatic heterocycles. The third-order valence-corrected chi connectivity index (χ3v) is 3.43. The zero-order valence-corrected chi connectivity index (χ0v) is 13.2. The molecule has 1 unspecified atom stereocenters. The van der Waals surface area contributed by atoms with Gasteiger partial charge >= 0.3 is 5.97 Å². The van der Waals surface area contributed by atoms with E-state index in [1.165, 1.54) is 6.26 Å². The van der Waals surface area contributed by atoms with E-state index in [2.05, 4.69) is 10.3 Å². The van der Waals surface area contributed by atoms with Crippen LogP contribution < -0.4 is 5.32 Å². The zero-order chi connectivity index (χ0) is 16.8. The number of aryl methyl sites for hydroxylation is 1. The van der Waals surface area contributed by atoms with Crippen LogP contribution in [-0.4, -0.2) is 28.0 Å². The van der Waals surface area contributed by atoms with Crippen LogP contribution >= 0.6 is 0 Å². The number of oxazole rings is 1. The van der Waals surface area contributed by atoms with Crippen molar-refractivity contribution in [2.75, 3.05) is 0 Å². The molecule has 124 valence electrons. The number of nitrogens with one attached hydrogen (secondary N) is 1. The number of furan rings is 1. The van der Waals surface area contributed by atoms with Gasteiger partial charge in [0.2, 0.25) is 5.91 Å². The number of aromatic nitrogens is 1. The molecular weight excluding hydrogens is 300 g/mol. The molecule has 2 heterocycles. The number of aliphatic carboxylic acids is 1. The van der Waals surface area contributed by atoms with Crippen molar-refractivity contribution in [2.24, 2.45) is 0 Å². The lowest BCUT2D eigenvalue weighted by Gasteiger charge is -2.13. The summed E-state index contributed by atoms with van der Waals surface area (Å²) in [5.74, 6) is -0.134. The Morgan fingerprint density at radius 3 is 2.83 bits per heavy atom. The van der Waals surface area contributed by atoms with E-state index in [0.29, 0.717) is 29.5 Å². The number of hydrogen-bond acceptors (Lipinski definition) is 5. The average Bonchev–Trinajstić information content (AvgIpc) is 3.13. The minimum atomic E-state index is -1.03. The van der Waals surface area contributed by atoms with Crippen molar-refractivity contribution in [3.05, 3.63) is 29.9 Å². The maximum atomic E-state index is 12.1. The molecule has 0 aliphatic rings. The number of hydrogen-bond donors (Lipinski definition) is 2. The Morgan fingerprint density at radius 1 is 1.43 bits per heavy atom. The minimum absolute atomic E-state index is 0.0358. The molecule has 0 aliphatic carbocycles. The molecule has 0 aromatic carbocycles. The standard InChI is InChI=1S/C16H20N2O5/c1-3-4-6-11(16(20)21)17-14(19)9-12-10(2)23-15(18-12)13-7-5-8-22-13/h5,7-8,11H,3-4,6,9H2,1-2H3,(H,17,19)(H,20,21). The molecule has 23 heavy (non-hydrogen) atoms. The van der Waals surface area contributed by atoms with Crippen LogP contribution in [-0.2, 0) is 16.0 Å². The topological polar surface area (TPSA) is 106 Å². The Bertz CT molecular complexity index is 660. The number of carbonyl (C=O) groups is 2. The van der Waals surface area contributed by atoms with Gasteiger partial charge in [0.1, 0.15) is 11.8 Å². The van der Waals surface area contributed by atoms with Crippen LogP contribution in [0.15, 0.2) is 27.2 Å². The Hall–Kier alpha value is -2.57. The van der Waals surface area contributed by atoms with E-state index in [1.54, 1.807) is 19.1 Å². The van der Waals surface area contributed by atoms with E-state index in [0.717, 1.165) is 12.8 Å². The second-order valence-electron chi connectivity index (χ2n) is 5.28. The van der Waals surface area contributed by atoms with Gasteiger partial charge in [-0.05, 0) is 25.5 Å². The quantitative estimate of drug-likeness (QED) is 0.774. The van der Waals surface area contributed by atoms with Crippen molar-refractivity contribution in [3.8, 4) is 11.7 Å². The summed E-state index contributed by atoms with van der Waals surface area (Å²) in [6.07, 6.45) is 3.49. The van der Waals surface area contributed by atoms with Crippen LogP contribution in [0.2, 0.25) is 0 Å². The molecule has 2 aromatic rings. The van der Waals surface area contributed by atoms with E-state index < -0.39 is 17.9 Å². The van der Waals surface area contributed by atoms with Gasteiger partial charge in [-0.3, -0.25) is 4.79 Å². The van der Waals surface area contributed by atoms with Crippen LogP contribution in [0.3, 0.4) is 0 Å². The summed E-state index contributed by atoms with van der Waals surface area (Å²) in [5, 5.41) is 11.7. The van der Waals surface area contributed by atoms with Crippen LogP contribution in [0.5, 0.6) is 0 Å². The molecular formula is C16H20N2O5. The normalized spacial score (nSPS) is 12.1. The predicted molar refractivity (Wildman–Crippen MR) is 81.7 cm³/mol. The van der Waals surface area contributed by atoms with Crippen molar-refractivity contribution in [3.63, 3.8) is 0 Å². The number of nitrogens with zero attached hydrogens (tertiary/aromatic N) is 1. The smallest absolute Gasteiger partial charge is 0.326 e. The van der Waals surface area contributed by atoms with E-state index in [4.69, 9.17) is 13.9 Å². The number of carboxylic acids is 1. The second kappa shape index (κ2) is 7.62. The first-order valence-electron chi connectivity index (χ1n) is 7.53. The molecule has 7 nitrogen and oxygen atoms in total. The van der Waals surface area contributed by atoms with Crippen molar-refractivity contribution < 1.29 is 23.5 Å². The fourth-order valence-corrected chi connectivity index (χ4v) is 2.16. The number of unbranched alkanes of at least 4 members (excludes halogenated alkanes) is 1. The largest absolute Gasteiger partial charge is 0.480 e. The molecule has 1 amide bonds. The zero-order valence-electron chi connectivity index (χ0n) is 13.2. The highest BCUT2D eigenvalue weighted by atomic mass is 16.4. The highest BCUT2D eigenvalue weighted by Gasteiger charge is 2.21. The van der Waals surface area contributed by atoms with Crippen molar-refractivity contribution >= 4 is 11.9 Å². The molecule has 0 radical (unpaired) electrons. The number of amides is 1. The van der Waals surface area contributed by atoms with E-state index >= 15 is 0 Å². The lowest BCUT2D eigenvalue weighted by molar-refractivity contribution is -0.142. The number of carboxylic acid groups (broad SMARTS) is 1. The number of carbonyl (C=O) groups excluding carboxylic acids is 1. The summed E-state index contributed by atoms with van der Waals surface area (Å²) in [7, 11) is 0. The molecule has 7 heteroatoms. The lowest BCUT2D eigenvalue weighted by Crippen LogP contribution is -2.41. The van der Waals surface area contributed by atoms with Crippen LogP contribution in [0.25, 0.3) is 11.7 Å². The molecule has 0 fully saturated rings. The second-order valence-corrected chi connectivity index (χ2v) is 5.28. The first-order valence-corrected chi connectivity index (χ1v) is 7.53. The summed E-state index contributed by atoms with van der Waals surface area (Å²) in [5.41, 5.74) is 0.466. The van der Waals surface area contributed by atoms with Crippen molar-refractivity contribution in [2.45, 2.75) is 45.6 Å². The van der Waals surface area contributed by atoms with Gasteiger partial charge in [-0.2, -0.15) is 0 Å². The Balaban J connectivity index is 2.01. The fourth-order valence-electron chi connectivity index (χ4n) is 2.16. The third-order valence-electron chi connectivity index (χ3n) is 3.43. The van der Waals surface area contributed by atoms with E-state index in [9.17, 15) is 9.59 Å². The molecule has 0 saturated carbocycles. The van der Waals surface area contributed by atoms with E-state index in [-0.39, 0.29) is 6.42 Å². The first-order chi connectivity index (χ1) is 11.0. The maximum Gasteiger partial charge on any atom is 0.326 e. The Labute approximate surface area is 133 Å². The molecule has 0 aliphatic heterocycles. The fraction of sp³-hybridized carbons (Fsp3) is 0.438. The van der Waals surface area contributed by atoms with Gasteiger partial charge in [0.25, 0.3) is 5.89 Å². The molecule has 1 atom stereocenters. The summed E-state index contributed by atoms with van der Waals surface area (Å²) >= 11 is 0. The van der Waals surface area contributed by atoms with Gasteiger partial charge < -0.3 is 19.3 Å². The first kappa shape index (κ1) is 16.8. The molecule has 0 saturated heterocycles. The average molecular weight is 320 g/mol. The van der Waals surface area contributed by atoms with Crippen LogP contribution in [0.1, 0.15) is 37.6 Å². The van der Waals surface area contributed by atoms with Gasteiger partial charge in [-0.15, -0.1) is 0 Å². The van der Waals surface area contributed by atoms with Gasteiger partial charge in [-0.1, -0.05) is 19.8 Å². The van der Waals surface area contributed by atoms with Gasteiger partial charge in [0, 0.05) is 0 Å². The maximum absolute atomic E-state index is 12.1. The summed E-state index contributed by atoms with van der Waals surface area (Å²) in [6.45, 7) is 3.67. The number of rotatable bonds is 8. The summed E-state index contributed by atoms with van der Waals surface area (Å²) in [4.78, 5) is 27.5. The minimum Gasteiger partial charge on any atom is -0.480 e. The highest BCUT2D eigenvalue weighted by Crippen LogP contribution is 2.22. The molecule has 0 bridgehead atoms. The van der Waals surface area contributed by atoms with Crippen molar-refractivity contribution in [1.29, 1.82) is 0 Å². The third kappa shape index (κ3) is 4.45. The molecule has 2 rings (SSSR count). The summed E-state index contributed by atoms with van der Waals surface area (Å²) < 4.78 is 10.7. The SMILES string of the molecule is CCCCC(NC(=O)Cc1nc(-c2ccco2)oc1C)C(=O)O. The molecule has 2 N–H and O–H groups in total. The van der Waals surface area contributed by atoms with Gasteiger partial charge in [0.15, 0.2) is 5.76 Å². The van der Waals surface area contributed by atoms with E-state index in [1.807, 2.05) is 6.92 Å². The van der Waals surface area contributed by atoms with Crippen LogP contribution in [0, 0.1) is 6.92 Å². The van der Waals surface area contributed by atoms with Gasteiger partial charge in [0.05, 0.1) is 18.4 Å².